The number of rotatable bonds is 8. The van der Waals surface area contributed by atoms with E-state index in [-0.39, 0.29) is 11.5 Å². The minimum Gasteiger partial charge on any atom is -0.350 e. The third-order valence-electron chi connectivity index (χ3n) is 4.92. The first-order chi connectivity index (χ1) is 14.7. The molecule has 0 aliphatic rings. The van der Waals surface area contributed by atoms with Gasteiger partial charge >= 0.3 is 0 Å². The summed E-state index contributed by atoms with van der Waals surface area (Å²) in [5, 5.41) is 20.3. The molecule has 1 aromatic heterocycles. The molecular weight excluding hydrogens is 372 g/mol. The molecule has 0 radical (unpaired) electrons. The van der Waals surface area contributed by atoms with Crippen LogP contribution in [0.3, 0.4) is 0 Å². The van der Waals surface area contributed by atoms with Crippen LogP contribution in [0.5, 0.6) is 0 Å². The van der Waals surface area contributed by atoms with Gasteiger partial charge in [0.2, 0.25) is 6.04 Å². The summed E-state index contributed by atoms with van der Waals surface area (Å²) in [5.41, 5.74) is 2.03. The lowest BCUT2D eigenvalue weighted by molar-refractivity contribution is -0.711. The van der Waals surface area contributed by atoms with E-state index < -0.39 is 12.0 Å². The predicted octanol–water partition coefficient (Wildman–Crippen LogP) is 3.36. The minimum absolute atomic E-state index is 0.112. The highest BCUT2D eigenvalue weighted by Gasteiger charge is 2.40. The molecule has 0 saturated heterocycles. The molecule has 3 rings (SSSR count). The maximum Gasteiger partial charge on any atom is 0.290 e. The number of allylic oxidation sites excluding steroid dienone is 1. The molecule has 0 aliphatic carbocycles. The Morgan fingerprint density at radius 2 is 1.57 bits per heavy atom. The Bertz CT molecular complexity index is 1050. The van der Waals surface area contributed by atoms with Crippen LogP contribution < -0.4 is 9.88 Å². The van der Waals surface area contributed by atoms with Crippen molar-refractivity contribution >= 4 is 11.8 Å². The van der Waals surface area contributed by atoms with Gasteiger partial charge in [-0.3, -0.25) is 10.2 Å². The Morgan fingerprint density at radius 1 is 0.967 bits per heavy atom. The van der Waals surface area contributed by atoms with Crippen molar-refractivity contribution in [3.63, 3.8) is 0 Å². The molecule has 0 fully saturated rings. The Morgan fingerprint density at radius 3 is 2.17 bits per heavy atom. The summed E-state index contributed by atoms with van der Waals surface area (Å²) in [6, 6.07) is 26.2. The molecule has 1 heterocycles. The van der Waals surface area contributed by atoms with Gasteiger partial charge in [0.1, 0.15) is 11.6 Å². The maximum absolute atomic E-state index is 13.3. The number of hydrogen-bond acceptors (Lipinski definition) is 3. The lowest BCUT2D eigenvalue weighted by Gasteiger charge is -2.21. The predicted molar refractivity (Wildman–Crippen MR) is 115 cm³/mol. The van der Waals surface area contributed by atoms with Gasteiger partial charge in [-0.1, -0.05) is 66.7 Å². The van der Waals surface area contributed by atoms with Gasteiger partial charge in [-0.25, -0.2) is 0 Å². The number of pyridine rings is 1. The van der Waals surface area contributed by atoms with E-state index >= 15 is 0 Å². The molecule has 0 saturated carbocycles. The average Bonchev–Trinajstić information content (AvgIpc) is 2.81. The molecular formula is C25H23N4O+. The molecule has 0 aliphatic heterocycles. The number of nitrogens with zero attached hydrogens (tertiary/aromatic N) is 2. The van der Waals surface area contributed by atoms with Gasteiger partial charge in [0, 0.05) is 18.7 Å². The van der Waals surface area contributed by atoms with E-state index in [9.17, 15) is 10.1 Å². The summed E-state index contributed by atoms with van der Waals surface area (Å²) >= 11 is 0. The van der Waals surface area contributed by atoms with Crippen LogP contribution in [-0.2, 0) is 11.2 Å². The average molecular weight is 395 g/mol. The first-order valence-electron chi connectivity index (χ1n) is 9.76. The summed E-state index contributed by atoms with van der Waals surface area (Å²) in [4.78, 5) is 13.3. The molecule has 2 aromatic carbocycles. The van der Waals surface area contributed by atoms with E-state index in [0.717, 1.165) is 11.1 Å². The van der Waals surface area contributed by atoms with E-state index in [4.69, 9.17) is 5.41 Å². The van der Waals surface area contributed by atoms with Gasteiger partial charge in [0.05, 0.1) is 5.92 Å². The second-order valence-corrected chi connectivity index (χ2v) is 6.83. The van der Waals surface area contributed by atoms with Gasteiger partial charge in [-0.05, 0) is 23.4 Å². The first kappa shape index (κ1) is 20.7. The summed E-state index contributed by atoms with van der Waals surface area (Å²) < 4.78 is 1.78. The lowest BCUT2D eigenvalue weighted by Crippen LogP contribution is -2.51. The first-order valence-corrected chi connectivity index (χ1v) is 9.76. The number of nitrogens with one attached hydrogen (secondary N) is 2. The Kier molecular flexibility index (Phi) is 7.27. The van der Waals surface area contributed by atoms with Crippen molar-refractivity contribution in [2.45, 2.75) is 18.4 Å². The summed E-state index contributed by atoms with van der Waals surface area (Å²) in [7, 11) is 0. The number of carbonyl (C=O) groups is 1. The molecule has 5 nitrogen and oxygen atoms in total. The summed E-state index contributed by atoms with van der Waals surface area (Å²) in [6.45, 7) is 0.477. The molecule has 0 spiro atoms. The highest BCUT2D eigenvalue weighted by Crippen LogP contribution is 2.31. The van der Waals surface area contributed by atoms with Gasteiger partial charge in [0.25, 0.3) is 5.91 Å². The van der Waals surface area contributed by atoms with E-state index in [1.165, 1.54) is 0 Å². The van der Waals surface area contributed by atoms with Crippen molar-refractivity contribution in [1.82, 2.24) is 5.32 Å². The van der Waals surface area contributed by atoms with E-state index in [2.05, 4.69) is 17.3 Å². The highest BCUT2D eigenvalue weighted by atomic mass is 16.2. The zero-order valence-corrected chi connectivity index (χ0v) is 16.5. The second kappa shape index (κ2) is 10.5. The number of benzene rings is 2. The van der Waals surface area contributed by atoms with Crippen molar-refractivity contribution in [3.8, 4) is 6.07 Å². The van der Waals surface area contributed by atoms with Crippen molar-refractivity contribution < 1.29 is 9.36 Å². The monoisotopic (exact) mass is 395 g/mol. The minimum atomic E-state index is -0.725. The molecule has 5 heteroatoms. The largest absolute Gasteiger partial charge is 0.350 e. The SMILES string of the molecule is N#CC(=C=N)C(c1ccccc1)C(C(=O)NCCc1ccccc1)[n+]1ccccc1. The third kappa shape index (κ3) is 5.08. The van der Waals surface area contributed by atoms with Gasteiger partial charge in [-0.2, -0.15) is 9.83 Å². The zero-order chi connectivity index (χ0) is 21.2. The van der Waals surface area contributed by atoms with Crippen LogP contribution in [0, 0.1) is 16.7 Å². The fraction of sp³-hybridized carbons (Fsp3) is 0.160. The van der Waals surface area contributed by atoms with Crippen molar-refractivity contribution in [2.75, 3.05) is 6.54 Å². The van der Waals surface area contributed by atoms with Crippen LogP contribution in [0.2, 0.25) is 0 Å². The van der Waals surface area contributed by atoms with E-state index in [1.54, 1.807) is 17.0 Å². The van der Waals surface area contributed by atoms with E-state index in [1.807, 2.05) is 78.9 Å². The lowest BCUT2D eigenvalue weighted by atomic mass is 9.85. The number of carbonyl (C=O) groups excluding carboxylic acids is 1. The molecule has 3 aromatic rings. The van der Waals surface area contributed by atoms with Crippen LogP contribution >= 0.6 is 0 Å². The molecule has 2 N–H and O–H groups in total. The number of aromatic nitrogens is 1. The molecule has 2 unspecified atom stereocenters. The van der Waals surface area contributed by atoms with Crippen LogP contribution in [-0.4, -0.2) is 18.3 Å². The van der Waals surface area contributed by atoms with Crippen LogP contribution in [0.25, 0.3) is 0 Å². The van der Waals surface area contributed by atoms with Crippen LogP contribution in [0.4, 0.5) is 0 Å². The molecule has 30 heavy (non-hydrogen) atoms. The quantitative estimate of drug-likeness (QED) is 0.348. The van der Waals surface area contributed by atoms with Gasteiger partial charge in [-0.15, -0.1) is 0 Å². The van der Waals surface area contributed by atoms with Crippen molar-refractivity contribution in [2.24, 2.45) is 0 Å². The Balaban J connectivity index is 1.93. The van der Waals surface area contributed by atoms with Gasteiger partial charge in [0.15, 0.2) is 12.4 Å². The normalized spacial score (nSPS) is 12.1. The van der Waals surface area contributed by atoms with Crippen molar-refractivity contribution in [3.05, 3.63) is 108 Å². The Labute approximate surface area is 176 Å². The fourth-order valence-corrected chi connectivity index (χ4v) is 3.48. The number of hydrogen-bond donors (Lipinski definition) is 2. The zero-order valence-electron chi connectivity index (χ0n) is 16.5. The number of nitriles is 1. The van der Waals surface area contributed by atoms with E-state index in [0.29, 0.717) is 13.0 Å². The standard InChI is InChI=1S/C25H22N4O/c26-18-22(19-27)23(21-12-6-2-7-13-21)24(29-16-8-3-9-17-29)25(30)28-15-14-20-10-4-1-5-11-20/h1-13,16-17,23-24,26H,14-15H2/p+1. The smallest absolute Gasteiger partial charge is 0.290 e. The summed E-state index contributed by atoms with van der Waals surface area (Å²) in [5.74, 6) is 1.41. The van der Waals surface area contributed by atoms with Crippen LogP contribution in [0.15, 0.2) is 96.8 Å². The summed E-state index contributed by atoms with van der Waals surface area (Å²) in [6.07, 6.45) is 4.31. The maximum atomic E-state index is 13.3. The molecule has 1 amide bonds. The Hall–Kier alpha value is -4.00. The van der Waals surface area contributed by atoms with Gasteiger partial charge < -0.3 is 5.32 Å². The molecule has 2 atom stereocenters. The third-order valence-corrected chi connectivity index (χ3v) is 4.92. The molecule has 0 bridgehead atoms. The van der Waals surface area contributed by atoms with Crippen LogP contribution in [0.1, 0.15) is 23.1 Å². The fourth-order valence-electron chi connectivity index (χ4n) is 3.48. The topological polar surface area (TPSA) is 80.6 Å². The molecule has 148 valence electrons. The highest BCUT2D eigenvalue weighted by molar-refractivity contribution is 5.82. The number of amides is 1. The van der Waals surface area contributed by atoms with Crippen molar-refractivity contribution in [1.29, 1.82) is 10.7 Å². The second-order valence-electron chi connectivity index (χ2n) is 6.83.